The zero-order chi connectivity index (χ0) is 12.3. The summed E-state index contributed by atoms with van der Waals surface area (Å²) in [4.78, 5) is 14.0. The van der Waals surface area contributed by atoms with E-state index in [-0.39, 0.29) is 5.91 Å². The standard InChI is InChI=1S/C13H13ClN2O/c14-7-8-16(12-5-6-12)13(17)11-3-1-10(9-15)2-4-11/h1-4,12H,5-8H2. The van der Waals surface area contributed by atoms with Gasteiger partial charge in [0.25, 0.3) is 5.91 Å². The third-order valence-electron chi connectivity index (χ3n) is 2.83. The molecular formula is C13H13ClN2O. The zero-order valence-corrected chi connectivity index (χ0v) is 10.2. The van der Waals surface area contributed by atoms with Gasteiger partial charge in [0.2, 0.25) is 0 Å². The molecule has 3 nitrogen and oxygen atoms in total. The van der Waals surface area contributed by atoms with Crippen molar-refractivity contribution in [1.82, 2.24) is 4.90 Å². The van der Waals surface area contributed by atoms with E-state index in [2.05, 4.69) is 0 Å². The van der Waals surface area contributed by atoms with Gasteiger partial charge in [-0.25, -0.2) is 0 Å². The van der Waals surface area contributed by atoms with Crippen molar-refractivity contribution in [3.63, 3.8) is 0 Å². The van der Waals surface area contributed by atoms with Crippen molar-refractivity contribution >= 4 is 17.5 Å². The summed E-state index contributed by atoms with van der Waals surface area (Å²) in [5.41, 5.74) is 1.19. The highest BCUT2D eigenvalue weighted by Crippen LogP contribution is 2.28. The predicted octanol–water partition coefficient (Wildman–Crippen LogP) is 2.40. The van der Waals surface area contributed by atoms with Crippen molar-refractivity contribution in [2.45, 2.75) is 18.9 Å². The molecule has 1 aliphatic rings. The fourth-order valence-electron chi connectivity index (χ4n) is 1.78. The van der Waals surface area contributed by atoms with Gasteiger partial charge in [-0.15, -0.1) is 11.6 Å². The maximum atomic E-state index is 12.2. The van der Waals surface area contributed by atoms with Gasteiger partial charge in [0.15, 0.2) is 0 Å². The first-order chi connectivity index (χ1) is 8.26. The van der Waals surface area contributed by atoms with Gasteiger partial charge in [-0.1, -0.05) is 0 Å². The largest absolute Gasteiger partial charge is 0.334 e. The lowest BCUT2D eigenvalue weighted by atomic mass is 10.1. The molecule has 1 amide bonds. The van der Waals surface area contributed by atoms with E-state index in [1.807, 2.05) is 11.0 Å². The Morgan fingerprint density at radius 2 is 2.06 bits per heavy atom. The first-order valence-electron chi connectivity index (χ1n) is 5.63. The molecule has 0 N–H and O–H groups in total. The minimum Gasteiger partial charge on any atom is -0.334 e. The fourth-order valence-corrected chi connectivity index (χ4v) is 1.96. The van der Waals surface area contributed by atoms with Crippen LogP contribution in [0.25, 0.3) is 0 Å². The van der Waals surface area contributed by atoms with Crippen LogP contribution in [-0.4, -0.2) is 29.3 Å². The predicted molar refractivity (Wildman–Crippen MR) is 65.9 cm³/mol. The average molecular weight is 249 g/mol. The molecule has 0 spiro atoms. The number of halogens is 1. The van der Waals surface area contributed by atoms with Gasteiger partial charge in [-0.3, -0.25) is 4.79 Å². The van der Waals surface area contributed by atoms with E-state index in [1.54, 1.807) is 24.3 Å². The summed E-state index contributed by atoms with van der Waals surface area (Å²) in [5, 5.41) is 8.70. The van der Waals surface area contributed by atoms with Gasteiger partial charge >= 0.3 is 0 Å². The topological polar surface area (TPSA) is 44.1 Å². The Bertz CT molecular complexity index is 445. The minimum absolute atomic E-state index is 0.0117. The molecule has 1 saturated carbocycles. The second-order valence-corrected chi connectivity index (χ2v) is 4.49. The third kappa shape index (κ3) is 2.78. The minimum atomic E-state index is 0.0117. The van der Waals surface area contributed by atoms with E-state index in [9.17, 15) is 4.79 Å². The summed E-state index contributed by atoms with van der Waals surface area (Å²) in [5.74, 6) is 0.469. The molecular weight excluding hydrogens is 236 g/mol. The number of rotatable bonds is 4. The van der Waals surface area contributed by atoms with E-state index in [1.165, 1.54) is 0 Å². The Morgan fingerprint density at radius 1 is 1.41 bits per heavy atom. The van der Waals surface area contributed by atoms with Crippen LogP contribution in [0.5, 0.6) is 0 Å². The van der Waals surface area contributed by atoms with Crippen LogP contribution in [-0.2, 0) is 0 Å². The number of benzene rings is 1. The lowest BCUT2D eigenvalue weighted by Gasteiger charge is -2.21. The van der Waals surface area contributed by atoms with Crippen LogP contribution in [0.2, 0.25) is 0 Å². The molecule has 17 heavy (non-hydrogen) atoms. The van der Waals surface area contributed by atoms with Gasteiger partial charge < -0.3 is 4.90 Å². The Balaban J connectivity index is 2.14. The van der Waals surface area contributed by atoms with Crippen LogP contribution in [0.3, 0.4) is 0 Å². The maximum absolute atomic E-state index is 12.2. The smallest absolute Gasteiger partial charge is 0.254 e. The molecule has 0 atom stereocenters. The van der Waals surface area contributed by atoms with Crippen molar-refractivity contribution in [1.29, 1.82) is 5.26 Å². The molecule has 0 aliphatic heterocycles. The number of hydrogen-bond donors (Lipinski definition) is 0. The molecule has 4 heteroatoms. The van der Waals surface area contributed by atoms with Crippen LogP contribution >= 0.6 is 11.6 Å². The molecule has 88 valence electrons. The van der Waals surface area contributed by atoms with E-state index < -0.39 is 0 Å². The highest BCUT2D eigenvalue weighted by molar-refractivity contribution is 6.18. The highest BCUT2D eigenvalue weighted by atomic mass is 35.5. The van der Waals surface area contributed by atoms with Crippen molar-refractivity contribution in [3.8, 4) is 6.07 Å². The van der Waals surface area contributed by atoms with Crippen LogP contribution in [0.1, 0.15) is 28.8 Å². The first-order valence-corrected chi connectivity index (χ1v) is 6.17. The summed E-state index contributed by atoms with van der Waals surface area (Å²) < 4.78 is 0. The van der Waals surface area contributed by atoms with Crippen LogP contribution < -0.4 is 0 Å². The summed E-state index contributed by atoms with van der Waals surface area (Å²) in [7, 11) is 0. The Kier molecular flexibility index (Phi) is 3.65. The second kappa shape index (κ2) is 5.20. The van der Waals surface area contributed by atoms with Gasteiger partial charge in [0.05, 0.1) is 11.6 Å². The Hall–Kier alpha value is -1.53. The number of amides is 1. The number of nitrogens with zero attached hydrogens (tertiary/aromatic N) is 2. The zero-order valence-electron chi connectivity index (χ0n) is 9.40. The molecule has 0 saturated heterocycles. The van der Waals surface area contributed by atoms with Crippen molar-refractivity contribution in [3.05, 3.63) is 35.4 Å². The number of carbonyl (C=O) groups excluding carboxylic acids is 1. The number of hydrogen-bond acceptors (Lipinski definition) is 2. The number of alkyl halides is 1. The van der Waals surface area contributed by atoms with Crippen LogP contribution in [0.4, 0.5) is 0 Å². The molecule has 0 bridgehead atoms. The van der Waals surface area contributed by atoms with Gasteiger partial charge in [-0.2, -0.15) is 5.26 Å². The molecule has 0 radical (unpaired) electrons. The fraction of sp³-hybridized carbons (Fsp3) is 0.385. The average Bonchev–Trinajstić information content (AvgIpc) is 3.19. The van der Waals surface area contributed by atoms with E-state index in [0.29, 0.717) is 29.6 Å². The van der Waals surface area contributed by atoms with Gasteiger partial charge in [-0.05, 0) is 37.1 Å². The normalized spacial score (nSPS) is 14.1. The lowest BCUT2D eigenvalue weighted by Crippen LogP contribution is -2.34. The SMILES string of the molecule is N#Cc1ccc(C(=O)N(CCCl)C2CC2)cc1. The van der Waals surface area contributed by atoms with Crippen LogP contribution in [0.15, 0.2) is 24.3 Å². The monoisotopic (exact) mass is 248 g/mol. The maximum Gasteiger partial charge on any atom is 0.254 e. The van der Waals surface area contributed by atoms with Crippen molar-refractivity contribution < 1.29 is 4.79 Å². The summed E-state index contributed by atoms with van der Waals surface area (Å²) in [6, 6.07) is 9.12. The molecule has 1 aromatic carbocycles. The second-order valence-electron chi connectivity index (χ2n) is 4.11. The summed E-state index contributed by atoms with van der Waals surface area (Å²) in [6.45, 7) is 0.588. The van der Waals surface area contributed by atoms with E-state index in [0.717, 1.165) is 12.8 Å². The molecule has 0 heterocycles. The summed E-state index contributed by atoms with van der Waals surface area (Å²) >= 11 is 5.71. The molecule has 0 aromatic heterocycles. The molecule has 1 aromatic rings. The lowest BCUT2D eigenvalue weighted by molar-refractivity contribution is 0.0753. The number of nitriles is 1. The Morgan fingerprint density at radius 3 is 2.53 bits per heavy atom. The highest BCUT2D eigenvalue weighted by Gasteiger charge is 2.32. The van der Waals surface area contributed by atoms with Gasteiger partial charge in [0.1, 0.15) is 0 Å². The molecule has 1 aliphatic carbocycles. The van der Waals surface area contributed by atoms with Gasteiger partial charge in [0, 0.05) is 24.0 Å². The van der Waals surface area contributed by atoms with Crippen LogP contribution in [0, 0.1) is 11.3 Å². The molecule has 0 unspecified atom stereocenters. The van der Waals surface area contributed by atoms with Crippen molar-refractivity contribution in [2.75, 3.05) is 12.4 Å². The Labute approximate surface area is 106 Å². The van der Waals surface area contributed by atoms with E-state index in [4.69, 9.17) is 16.9 Å². The molecule has 2 rings (SSSR count). The van der Waals surface area contributed by atoms with Crippen molar-refractivity contribution in [2.24, 2.45) is 0 Å². The summed E-state index contributed by atoms with van der Waals surface area (Å²) in [6.07, 6.45) is 2.14. The third-order valence-corrected chi connectivity index (χ3v) is 3.00. The molecule has 1 fully saturated rings. The van der Waals surface area contributed by atoms with E-state index >= 15 is 0 Å². The first kappa shape index (κ1) is 11.9. The quantitative estimate of drug-likeness (QED) is 0.768. The number of carbonyl (C=O) groups is 1.